The van der Waals surface area contributed by atoms with E-state index in [2.05, 4.69) is 17.5 Å². The van der Waals surface area contributed by atoms with E-state index in [9.17, 15) is 8.42 Å². The van der Waals surface area contributed by atoms with E-state index < -0.39 is 9.84 Å². The topological polar surface area (TPSA) is 46.2 Å². The first-order chi connectivity index (χ1) is 6.96. The average molecular weight is 229 g/mol. The van der Waals surface area contributed by atoms with E-state index in [0.717, 1.165) is 5.92 Å². The van der Waals surface area contributed by atoms with Crippen LogP contribution in [-0.2, 0) is 9.84 Å². The first-order valence-electron chi connectivity index (χ1n) is 5.56. The molecule has 86 valence electrons. The predicted molar refractivity (Wildman–Crippen MR) is 61.5 cm³/mol. The van der Waals surface area contributed by atoms with E-state index in [1.807, 2.05) is 6.92 Å². The number of allylic oxidation sites excluding steroid dienone is 1. The van der Waals surface area contributed by atoms with Crippen molar-refractivity contribution in [3.8, 4) is 0 Å². The van der Waals surface area contributed by atoms with Crippen molar-refractivity contribution in [2.24, 2.45) is 11.8 Å². The predicted octanol–water partition coefficient (Wildman–Crippen LogP) is 0.974. The van der Waals surface area contributed by atoms with Gasteiger partial charge in [-0.05, 0) is 31.6 Å². The Morgan fingerprint density at radius 2 is 2.27 bits per heavy atom. The maximum Gasteiger partial charge on any atom is 0.148 e. The van der Waals surface area contributed by atoms with Gasteiger partial charge in [0.1, 0.15) is 9.84 Å². The van der Waals surface area contributed by atoms with Crippen molar-refractivity contribution in [1.82, 2.24) is 5.32 Å². The Balaban J connectivity index is 1.81. The molecule has 0 spiro atoms. The number of rotatable bonds is 4. The van der Waals surface area contributed by atoms with E-state index in [-0.39, 0.29) is 11.8 Å². The van der Waals surface area contributed by atoms with Crippen molar-refractivity contribution >= 4 is 9.84 Å². The number of sulfone groups is 1. The molecule has 2 aliphatic carbocycles. The molecule has 4 heteroatoms. The van der Waals surface area contributed by atoms with Gasteiger partial charge in [-0.1, -0.05) is 12.2 Å². The van der Waals surface area contributed by atoms with Crippen molar-refractivity contribution < 1.29 is 8.42 Å². The molecule has 0 amide bonds. The quantitative estimate of drug-likeness (QED) is 0.731. The summed E-state index contributed by atoms with van der Waals surface area (Å²) in [6.45, 7) is 1.95. The summed E-state index contributed by atoms with van der Waals surface area (Å²) in [6, 6.07) is 0.574. The molecule has 0 heterocycles. The van der Waals surface area contributed by atoms with Gasteiger partial charge in [-0.15, -0.1) is 0 Å². The molecule has 4 atom stereocenters. The molecule has 3 nitrogen and oxygen atoms in total. The Labute approximate surface area is 91.9 Å². The van der Waals surface area contributed by atoms with Crippen LogP contribution in [0.1, 0.15) is 19.8 Å². The minimum absolute atomic E-state index is 0.0694. The standard InChI is InChI=1S/C11H19NO2S/c1-8(7-15(2,13)14)12-11-6-9-4-3-5-10(9)11/h3,5,8-12H,4,6-7H2,1-2H3. The van der Waals surface area contributed by atoms with E-state index in [1.54, 1.807) is 0 Å². The Hall–Kier alpha value is -0.350. The summed E-state index contributed by atoms with van der Waals surface area (Å²) < 4.78 is 22.2. The van der Waals surface area contributed by atoms with Gasteiger partial charge in [0, 0.05) is 18.3 Å². The van der Waals surface area contributed by atoms with E-state index in [4.69, 9.17) is 0 Å². The summed E-state index contributed by atoms with van der Waals surface area (Å²) in [4.78, 5) is 0. The lowest BCUT2D eigenvalue weighted by molar-refractivity contribution is 0.155. The largest absolute Gasteiger partial charge is 0.310 e. The molecular weight excluding hydrogens is 210 g/mol. The minimum atomic E-state index is -2.86. The zero-order valence-electron chi connectivity index (χ0n) is 9.31. The van der Waals surface area contributed by atoms with Crippen LogP contribution in [0, 0.1) is 11.8 Å². The summed E-state index contributed by atoms with van der Waals surface area (Å²) in [5.74, 6) is 1.73. The monoisotopic (exact) mass is 229 g/mol. The van der Waals surface area contributed by atoms with Crippen LogP contribution in [0.3, 0.4) is 0 Å². The van der Waals surface area contributed by atoms with Crippen LogP contribution in [0.15, 0.2) is 12.2 Å². The summed E-state index contributed by atoms with van der Waals surface area (Å²) in [5.41, 5.74) is 0. The molecule has 1 fully saturated rings. The highest BCUT2D eigenvalue weighted by Crippen LogP contribution is 2.42. The molecule has 0 radical (unpaired) electrons. The van der Waals surface area contributed by atoms with Crippen LogP contribution >= 0.6 is 0 Å². The summed E-state index contributed by atoms with van der Waals surface area (Å²) in [6.07, 6.45) is 8.23. The van der Waals surface area contributed by atoms with Gasteiger partial charge in [0.15, 0.2) is 0 Å². The zero-order valence-corrected chi connectivity index (χ0v) is 10.1. The SMILES string of the molecule is CC(CS(C)(=O)=O)NC1CC2CC=CC21. The second-order valence-electron chi connectivity index (χ2n) is 5.00. The number of hydrogen-bond donors (Lipinski definition) is 1. The number of nitrogens with one attached hydrogen (secondary N) is 1. The van der Waals surface area contributed by atoms with Gasteiger partial charge in [-0.2, -0.15) is 0 Å². The molecule has 0 aliphatic heterocycles. The Bertz CT molecular complexity index is 361. The molecule has 15 heavy (non-hydrogen) atoms. The third kappa shape index (κ3) is 2.61. The normalized spacial score (nSPS) is 36.0. The van der Waals surface area contributed by atoms with Crippen LogP contribution in [0.25, 0.3) is 0 Å². The highest BCUT2D eigenvalue weighted by Gasteiger charge is 2.41. The van der Waals surface area contributed by atoms with Crippen LogP contribution < -0.4 is 5.32 Å². The molecule has 1 N–H and O–H groups in total. The van der Waals surface area contributed by atoms with Crippen molar-refractivity contribution in [3.05, 3.63) is 12.2 Å². The lowest BCUT2D eigenvalue weighted by atomic mass is 9.71. The average Bonchev–Trinajstić information content (AvgIpc) is 2.39. The first-order valence-corrected chi connectivity index (χ1v) is 7.62. The highest BCUT2D eigenvalue weighted by molar-refractivity contribution is 7.90. The maximum absolute atomic E-state index is 11.1. The molecule has 0 aromatic carbocycles. The summed E-state index contributed by atoms with van der Waals surface area (Å²) in [7, 11) is -2.86. The van der Waals surface area contributed by atoms with E-state index >= 15 is 0 Å². The highest BCUT2D eigenvalue weighted by atomic mass is 32.2. The molecule has 4 unspecified atom stereocenters. The van der Waals surface area contributed by atoms with Gasteiger partial charge in [0.2, 0.25) is 0 Å². The third-order valence-corrected chi connectivity index (χ3v) is 4.52. The molecule has 0 saturated heterocycles. The fourth-order valence-corrected chi connectivity index (χ4v) is 3.78. The van der Waals surface area contributed by atoms with Gasteiger partial charge < -0.3 is 5.32 Å². The van der Waals surface area contributed by atoms with Crippen molar-refractivity contribution in [2.45, 2.75) is 31.8 Å². The molecular formula is C11H19NO2S. The van der Waals surface area contributed by atoms with Crippen LogP contribution in [-0.4, -0.2) is 32.5 Å². The second-order valence-corrected chi connectivity index (χ2v) is 7.19. The van der Waals surface area contributed by atoms with Gasteiger partial charge in [0.25, 0.3) is 0 Å². The van der Waals surface area contributed by atoms with Crippen LogP contribution in [0.2, 0.25) is 0 Å². The Kier molecular flexibility index (Phi) is 2.90. The smallest absolute Gasteiger partial charge is 0.148 e. The van der Waals surface area contributed by atoms with Gasteiger partial charge >= 0.3 is 0 Å². The van der Waals surface area contributed by atoms with E-state index in [0.29, 0.717) is 12.0 Å². The van der Waals surface area contributed by atoms with Crippen molar-refractivity contribution in [1.29, 1.82) is 0 Å². The fourth-order valence-electron chi connectivity index (χ4n) is 2.78. The second kappa shape index (κ2) is 3.91. The lowest BCUT2D eigenvalue weighted by Crippen LogP contribution is -2.52. The number of fused-ring (bicyclic) bond motifs is 1. The van der Waals surface area contributed by atoms with Crippen LogP contribution in [0.4, 0.5) is 0 Å². The van der Waals surface area contributed by atoms with Crippen LogP contribution in [0.5, 0.6) is 0 Å². The molecule has 0 aromatic rings. The lowest BCUT2D eigenvalue weighted by Gasteiger charge is -2.42. The molecule has 2 aliphatic rings. The van der Waals surface area contributed by atoms with Gasteiger partial charge in [-0.3, -0.25) is 0 Å². The summed E-state index contributed by atoms with van der Waals surface area (Å²) in [5, 5.41) is 3.41. The van der Waals surface area contributed by atoms with E-state index in [1.165, 1.54) is 19.1 Å². The Morgan fingerprint density at radius 1 is 1.53 bits per heavy atom. The Morgan fingerprint density at radius 3 is 2.87 bits per heavy atom. The maximum atomic E-state index is 11.1. The minimum Gasteiger partial charge on any atom is -0.310 e. The van der Waals surface area contributed by atoms with Gasteiger partial charge in [0.05, 0.1) is 5.75 Å². The molecule has 0 aromatic heterocycles. The zero-order chi connectivity index (χ0) is 11.1. The molecule has 2 rings (SSSR count). The fraction of sp³-hybridized carbons (Fsp3) is 0.818. The molecule has 1 saturated carbocycles. The number of hydrogen-bond acceptors (Lipinski definition) is 3. The third-order valence-electron chi connectivity index (χ3n) is 3.41. The van der Waals surface area contributed by atoms with Crippen molar-refractivity contribution in [2.75, 3.05) is 12.0 Å². The summed E-state index contributed by atoms with van der Waals surface area (Å²) >= 11 is 0. The van der Waals surface area contributed by atoms with Crippen molar-refractivity contribution in [3.63, 3.8) is 0 Å². The van der Waals surface area contributed by atoms with Gasteiger partial charge in [-0.25, -0.2) is 8.42 Å². The molecule has 0 bridgehead atoms. The first kappa shape index (κ1) is 11.1.